The van der Waals surface area contributed by atoms with E-state index in [-0.39, 0.29) is 17.7 Å². The number of benzene rings is 4. The van der Waals surface area contributed by atoms with E-state index in [0.717, 1.165) is 18.7 Å². The second kappa shape index (κ2) is 7.09. The molecule has 0 bridgehead atoms. The van der Waals surface area contributed by atoms with E-state index in [1.54, 1.807) is 0 Å². The van der Waals surface area contributed by atoms with Crippen molar-refractivity contribution in [1.29, 1.82) is 0 Å². The SMILES string of the molecule is Cc1ccc(N2CC3Cc4c(ccc5ccccc45)C(c4ccccc4)C3C2=O)cc1. The van der Waals surface area contributed by atoms with Crippen LogP contribution in [0.2, 0.25) is 0 Å². The summed E-state index contributed by atoms with van der Waals surface area (Å²) in [6.45, 7) is 2.88. The van der Waals surface area contributed by atoms with E-state index in [1.165, 1.54) is 33.0 Å². The van der Waals surface area contributed by atoms with Crippen LogP contribution < -0.4 is 4.90 Å². The van der Waals surface area contributed by atoms with Crippen LogP contribution in [0, 0.1) is 18.8 Å². The van der Waals surface area contributed by atoms with Gasteiger partial charge in [-0.3, -0.25) is 4.79 Å². The number of hydrogen-bond acceptors (Lipinski definition) is 1. The standard InChI is InChI=1S/C29H25NO/c1-19-11-14-23(15-12-19)30-18-22-17-26-24-10-6-5-7-20(24)13-16-25(26)27(28(22)29(30)31)21-8-3-2-4-9-21/h2-16,22,27-28H,17-18H2,1H3. The van der Waals surface area contributed by atoms with Crippen molar-refractivity contribution >= 4 is 22.4 Å². The van der Waals surface area contributed by atoms with Gasteiger partial charge in [0.2, 0.25) is 5.91 Å². The highest BCUT2D eigenvalue weighted by atomic mass is 16.2. The minimum absolute atomic E-state index is 0.0163. The number of carbonyl (C=O) groups excluding carboxylic acids is 1. The molecule has 1 aliphatic carbocycles. The van der Waals surface area contributed by atoms with Gasteiger partial charge in [0.15, 0.2) is 0 Å². The normalized spacial score (nSPS) is 22.4. The van der Waals surface area contributed by atoms with Gasteiger partial charge in [-0.05, 0) is 58.9 Å². The van der Waals surface area contributed by atoms with Gasteiger partial charge in [-0.2, -0.15) is 0 Å². The zero-order chi connectivity index (χ0) is 20.9. The van der Waals surface area contributed by atoms with Gasteiger partial charge in [-0.1, -0.05) is 84.4 Å². The molecule has 4 aromatic carbocycles. The molecule has 0 spiro atoms. The van der Waals surface area contributed by atoms with Gasteiger partial charge in [0, 0.05) is 18.2 Å². The molecule has 1 aliphatic heterocycles. The topological polar surface area (TPSA) is 20.3 Å². The van der Waals surface area contributed by atoms with Gasteiger partial charge in [-0.25, -0.2) is 0 Å². The Hall–Kier alpha value is -3.39. The van der Waals surface area contributed by atoms with Crippen molar-refractivity contribution in [2.75, 3.05) is 11.4 Å². The lowest BCUT2D eigenvalue weighted by atomic mass is 9.67. The fourth-order valence-corrected chi connectivity index (χ4v) is 5.76. The molecule has 0 saturated carbocycles. The number of nitrogens with zero attached hydrogens (tertiary/aromatic N) is 1. The number of amides is 1. The maximum Gasteiger partial charge on any atom is 0.231 e. The molecule has 0 aromatic heterocycles. The van der Waals surface area contributed by atoms with E-state index in [4.69, 9.17) is 0 Å². The largest absolute Gasteiger partial charge is 0.312 e. The first kappa shape index (κ1) is 18.4. The van der Waals surface area contributed by atoms with Crippen LogP contribution >= 0.6 is 0 Å². The molecule has 2 aliphatic rings. The lowest BCUT2D eigenvalue weighted by molar-refractivity contribution is -0.121. The lowest BCUT2D eigenvalue weighted by Crippen LogP contribution is -2.33. The van der Waals surface area contributed by atoms with Crippen molar-refractivity contribution in [3.63, 3.8) is 0 Å². The molecule has 1 fully saturated rings. The van der Waals surface area contributed by atoms with Gasteiger partial charge in [0.1, 0.15) is 0 Å². The van der Waals surface area contributed by atoms with Crippen molar-refractivity contribution in [3.05, 3.63) is 113 Å². The third-order valence-corrected chi connectivity index (χ3v) is 7.22. The molecule has 31 heavy (non-hydrogen) atoms. The van der Waals surface area contributed by atoms with Crippen molar-refractivity contribution in [2.45, 2.75) is 19.3 Å². The summed E-state index contributed by atoms with van der Waals surface area (Å²) in [5, 5.41) is 2.62. The molecule has 4 aromatic rings. The number of hydrogen-bond donors (Lipinski definition) is 0. The molecular formula is C29H25NO. The summed E-state index contributed by atoms with van der Waals surface area (Å²) >= 11 is 0. The number of fused-ring (bicyclic) bond motifs is 4. The van der Waals surface area contributed by atoms with Gasteiger partial charge >= 0.3 is 0 Å². The summed E-state index contributed by atoms with van der Waals surface area (Å²) < 4.78 is 0. The van der Waals surface area contributed by atoms with Crippen molar-refractivity contribution < 1.29 is 4.79 Å². The van der Waals surface area contributed by atoms with E-state index in [1.807, 2.05) is 4.90 Å². The molecule has 3 atom stereocenters. The molecule has 6 rings (SSSR count). The summed E-state index contributed by atoms with van der Waals surface area (Å²) in [5.74, 6) is 0.665. The summed E-state index contributed by atoms with van der Waals surface area (Å²) in [7, 11) is 0. The highest BCUT2D eigenvalue weighted by molar-refractivity contribution is 5.99. The third kappa shape index (κ3) is 2.90. The summed E-state index contributed by atoms with van der Waals surface area (Å²) in [4.78, 5) is 15.8. The fourth-order valence-electron chi connectivity index (χ4n) is 5.76. The number of anilines is 1. The van der Waals surface area contributed by atoms with E-state index in [9.17, 15) is 4.79 Å². The van der Waals surface area contributed by atoms with E-state index in [0.29, 0.717) is 5.92 Å². The second-order valence-electron chi connectivity index (χ2n) is 9.02. The summed E-state index contributed by atoms with van der Waals surface area (Å²) in [6, 6.07) is 32.2. The monoisotopic (exact) mass is 403 g/mol. The van der Waals surface area contributed by atoms with Crippen LogP contribution in [0.3, 0.4) is 0 Å². The Morgan fingerprint density at radius 2 is 1.55 bits per heavy atom. The molecular weight excluding hydrogens is 378 g/mol. The first-order valence-corrected chi connectivity index (χ1v) is 11.1. The number of rotatable bonds is 2. The van der Waals surface area contributed by atoms with Crippen molar-refractivity contribution in [2.24, 2.45) is 11.8 Å². The van der Waals surface area contributed by atoms with E-state index in [2.05, 4.69) is 97.9 Å². The molecule has 0 N–H and O–H groups in total. The van der Waals surface area contributed by atoms with Crippen LogP contribution in [0.25, 0.3) is 10.8 Å². The van der Waals surface area contributed by atoms with Crippen LogP contribution in [-0.2, 0) is 11.2 Å². The first-order chi connectivity index (χ1) is 15.2. The molecule has 1 heterocycles. The Bertz CT molecular complexity index is 1280. The molecule has 152 valence electrons. The Morgan fingerprint density at radius 1 is 0.806 bits per heavy atom. The Morgan fingerprint density at radius 3 is 2.35 bits per heavy atom. The van der Waals surface area contributed by atoms with Crippen LogP contribution in [0.15, 0.2) is 91.0 Å². The molecule has 3 unspecified atom stereocenters. The first-order valence-electron chi connectivity index (χ1n) is 11.1. The maximum atomic E-state index is 13.8. The highest BCUT2D eigenvalue weighted by Gasteiger charge is 2.49. The van der Waals surface area contributed by atoms with Crippen LogP contribution in [0.5, 0.6) is 0 Å². The molecule has 1 amide bonds. The molecule has 1 saturated heterocycles. The quantitative estimate of drug-likeness (QED) is 0.395. The smallest absolute Gasteiger partial charge is 0.231 e. The third-order valence-electron chi connectivity index (χ3n) is 7.22. The van der Waals surface area contributed by atoms with Crippen LogP contribution in [-0.4, -0.2) is 12.5 Å². The predicted octanol–water partition coefficient (Wildman–Crippen LogP) is 6.12. The average molecular weight is 404 g/mol. The summed E-state index contributed by atoms with van der Waals surface area (Å²) in [6.07, 6.45) is 0.957. The van der Waals surface area contributed by atoms with Gasteiger partial charge in [0.25, 0.3) is 0 Å². The predicted molar refractivity (Wildman–Crippen MR) is 126 cm³/mol. The zero-order valence-electron chi connectivity index (χ0n) is 17.7. The van der Waals surface area contributed by atoms with Gasteiger partial charge in [0.05, 0.1) is 5.92 Å². The minimum Gasteiger partial charge on any atom is -0.312 e. The molecule has 2 nitrogen and oxygen atoms in total. The Labute approximate surface area is 183 Å². The average Bonchev–Trinajstić information content (AvgIpc) is 3.14. The van der Waals surface area contributed by atoms with E-state index < -0.39 is 0 Å². The van der Waals surface area contributed by atoms with Crippen LogP contribution in [0.4, 0.5) is 5.69 Å². The van der Waals surface area contributed by atoms with Crippen LogP contribution in [0.1, 0.15) is 28.2 Å². The Kier molecular flexibility index (Phi) is 4.21. The molecule has 0 radical (unpaired) electrons. The zero-order valence-corrected chi connectivity index (χ0v) is 17.7. The highest BCUT2D eigenvalue weighted by Crippen LogP contribution is 2.49. The maximum absolute atomic E-state index is 13.8. The lowest BCUT2D eigenvalue weighted by Gasteiger charge is -2.35. The number of carbonyl (C=O) groups is 1. The second-order valence-corrected chi connectivity index (χ2v) is 9.02. The summed E-state index contributed by atoms with van der Waals surface area (Å²) in [5.41, 5.74) is 6.23. The van der Waals surface area contributed by atoms with E-state index >= 15 is 0 Å². The van der Waals surface area contributed by atoms with Gasteiger partial charge < -0.3 is 4.90 Å². The fraction of sp³-hybridized carbons (Fsp3) is 0.207. The Balaban J connectivity index is 1.52. The van der Waals surface area contributed by atoms with Crippen molar-refractivity contribution in [1.82, 2.24) is 0 Å². The van der Waals surface area contributed by atoms with Crippen molar-refractivity contribution in [3.8, 4) is 0 Å². The molecule has 2 heteroatoms. The number of aryl methyl sites for hydroxylation is 1. The van der Waals surface area contributed by atoms with Gasteiger partial charge in [-0.15, -0.1) is 0 Å². The minimum atomic E-state index is -0.0163.